The fraction of sp³-hybridized carbons (Fsp3) is 0.364. The highest BCUT2D eigenvalue weighted by molar-refractivity contribution is 5.95. The highest BCUT2D eigenvalue weighted by atomic mass is 16.5. The molecule has 2 aromatic rings. The van der Waals surface area contributed by atoms with Crippen LogP contribution in [0.25, 0.3) is 0 Å². The van der Waals surface area contributed by atoms with Crippen LogP contribution in [0.2, 0.25) is 0 Å². The summed E-state index contributed by atoms with van der Waals surface area (Å²) < 4.78 is 5.02. The van der Waals surface area contributed by atoms with Crippen molar-refractivity contribution in [2.24, 2.45) is 5.92 Å². The number of hydrogen-bond acceptors (Lipinski definition) is 3. The normalized spacial score (nSPS) is 19.1. The molecule has 1 aliphatic heterocycles. The maximum absolute atomic E-state index is 12.9. The molecule has 2 aromatic carbocycles. The fourth-order valence-electron chi connectivity index (χ4n) is 3.72. The van der Waals surface area contributed by atoms with Crippen molar-refractivity contribution in [2.45, 2.75) is 12.8 Å². The molecule has 0 unspecified atom stereocenters. The zero-order valence-electron chi connectivity index (χ0n) is 15.9. The molecule has 1 fully saturated rings. The minimum atomic E-state index is -0.268. The van der Waals surface area contributed by atoms with Gasteiger partial charge in [0.15, 0.2) is 0 Å². The Morgan fingerprint density at radius 3 is 2.48 bits per heavy atom. The van der Waals surface area contributed by atoms with E-state index < -0.39 is 0 Å². The standard InChI is InChI=1S/C22H26N2O3/c1-16-8-6-7-11-18(16)19-14-24(22(26)17-9-4-3-5-10-17)15-20(19)21(25)23-12-13-27-2/h3-11,19-20H,12-15H2,1-2H3,(H,23,25)/t19-,20+/m1/s1. The number of benzene rings is 2. The molecule has 0 aliphatic carbocycles. The zero-order chi connectivity index (χ0) is 19.2. The van der Waals surface area contributed by atoms with Crippen LogP contribution in [0.15, 0.2) is 54.6 Å². The number of aryl methyl sites for hydroxylation is 1. The lowest BCUT2D eigenvalue weighted by Crippen LogP contribution is -2.37. The van der Waals surface area contributed by atoms with Crippen molar-refractivity contribution < 1.29 is 14.3 Å². The van der Waals surface area contributed by atoms with Gasteiger partial charge in [0, 0.05) is 38.2 Å². The number of amides is 2. The van der Waals surface area contributed by atoms with Crippen molar-refractivity contribution in [3.05, 3.63) is 71.3 Å². The topological polar surface area (TPSA) is 58.6 Å². The molecule has 1 heterocycles. The van der Waals surface area contributed by atoms with E-state index >= 15 is 0 Å². The average molecular weight is 366 g/mol. The molecule has 1 saturated heterocycles. The highest BCUT2D eigenvalue weighted by Crippen LogP contribution is 2.35. The van der Waals surface area contributed by atoms with Gasteiger partial charge in [0.2, 0.25) is 5.91 Å². The Labute approximate surface area is 160 Å². The van der Waals surface area contributed by atoms with Gasteiger partial charge in [-0.2, -0.15) is 0 Å². The van der Waals surface area contributed by atoms with E-state index in [-0.39, 0.29) is 23.7 Å². The van der Waals surface area contributed by atoms with Crippen molar-refractivity contribution >= 4 is 11.8 Å². The van der Waals surface area contributed by atoms with Gasteiger partial charge in [-0.1, -0.05) is 42.5 Å². The van der Waals surface area contributed by atoms with Crippen molar-refractivity contribution in [3.63, 3.8) is 0 Å². The van der Waals surface area contributed by atoms with E-state index in [4.69, 9.17) is 4.74 Å². The quantitative estimate of drug-likeness (QED) is 0.800. The van der Waals surface area contributed by atoms with Crippen LogP contribution in [-0.4, -0.2) is 50.1 Å². The van der Waals surface area contributed by atoms with Crippen LogP contribution in [0.5, 0.6) is 0 Å². The van der Waals surface area contributed by atoms with E-state index in [0.29, 0.717) is 31.8 Å². The number of likely N-dealkylation sites (tertiary alicyclic amines) is 1. The third-order valence-corrected chi connectivity index (χ3v) is 5.16. The Hall–Kier alpha value is -2.66. The number of nitrogens with zero attached hydrogens (tertiary/aromatic N) is 1. The van der Waals surface area contributed by atoms with E-state index in [0.717, 1.165) is 11.1 Å². The molecule has 27 heavy (non-hydrogen) atoms. The number of methoxy groups -OCH3 is 1. The summed E-state index contributed by atoms with van der Waals surface area (Å²) in [7, 11) is 1.61. The van der Waals surface area contributed by atoms with Crippen molar-refractivity contribution in [1.29, 1.82) is 0 Å². The molecule has 2 atom stereocenters. The number of carbonyl (C=O) groups excluding carboxylic acids is 2. The lowest BCUT2D eigenvalue weighted by Gasteiger charge is -2.19. The van der Waals surface area contributed by atoms with Crippen LogP contribution in [0.3, 0.4) is 0 Å². The van der Waals surface area contributed by atoms with Gasteiger partial charge in [0.1, 0.15) is 0 Å². The van der Waals surface area contributed by atoms with E-state index in [1.54, 1.807) is 12.0 Å². The van der Waals surface area contributed by atoms with E-state index in [9.17, 15) is 9.59 Å². The van der Waals surface area contributed by atoms with Gasteiger partial charge in [0.05, 0.1) is 12.5 Å². The molecule has 3 rings (SSSR count). The molecule has 5 heteroatoms. The fourth-order valence-corrected chi connectivity index (χ4v) is 3.72. The monoisotopic (exact) mass is 366 g/mol. The van der Waals surface area contributed by atoms with Gasteiger partial charge in [-0.3, -0.25) is 9.59 Å². The first-order chi connectivity index (χ1) is 13.1. The summed E-state index contributed by atoms with van der Waals surface area (Å²) in [5.74, 6) is -0.331. The summed E-state index contributed by atoms with van der Waals surface area (Å²) in [5.41, 5.74) is 2.93. The van der Waals surface area contributed by atoms with Crippen LogP contribution in [-0.2, 0) is 9.53 Å². The van der Waals surface area contributed by atoms with Crippen molar-refractivity contribution in [3.8, 4) is 0 Å². The van der Waals surface area contributed by atoms with Gasteiger partial charge in [0.25, 0.3) is 5.91 Å². The predicted octanol–water partition coefficient (Wildman–Crippen LogP) is 2.61. The molecule has 0 bridgehead atoms. The third kappa shape index (κ3) is 4.37. The summed E-state index contributed by atoms with van der Waals surface area (Å²) in [6, 6.07) is 17.3. The lowest BCUT2D eigenvalue weighted by molar-refractivity contribution is -0.125. The Morgan fingerprint density at radius 1 is 1.07 bits per heavy atom. The number of ether oxygens (including phenoxy) is 1. The predicted molar refractivity (Wildman–Crippen MR) is 105 cm³/mol. The molecular weight excluding hydrogens is 340 g/mol. The Bertz CT molecular complexity index is 791. The molecule has 0 spiro atoms. The summed E-state index contributed by atoms with van der Waals surface area (Å²) in [5, 5.41) is 2.94. The van der Waals surface area contributed by atoms with Crippen LogP contribution < -0.4 is 5.32 Å². The highest BCUT2D eigenvalue weighted by Gasteiger charge is 2.40. The van der Waals surface area contributed by atoms with Gasteiger partial charge in [-0.25, -0.2) is 0 Å². The van der Waals surface area contributed by atoms with Crippen LogP contribution >= 0.6 is 0 Å². The van der Waals surface area contributed by atoms with Gasteiger partial charge >= 0.3 is 0 Å². The second-order valence-electron chi connectivity index (χ2n) is 6.93. The SMILES string of the molecule is COCCNC(=O)[C@H]1CN(C(=O)c2ccccc2)C[C@@H]1c1ccccc1C. The zero-order valence-corrected chi connectivity index (χ0v) is 15.9. The van der Waals surface area contributed by atoms with Gasteiger partial charge in [-0.05, 0) is 30.2 Å². The smallest absolute Gasteiger partial charge is 0.253 e. The number of nitrogens with one attached hydrogen (secondary N) is 1. The second-order valence-corrected chi connectivity index (χ2v) is 6.93. The molecule has 0 radical (unpaired) electrons. The number of carbonyl (C=O) groups is 2. The van der Waals surface area contributed by atoms with Crippen LogP contribution in [0, 0.1) is 12.8 Å². The van der Waals surface area contributed by atoms with Crippen molar-refractivity contribution in [2.75, 3.05) is 33.4 Å². The maximum atomic E-state index is 12.9. The maximum Gasteiger partial charge on any atom is 0.253 e. The number of hydrogen-bond donors (Lipinski definition) is 1. The summed E-state index contributed by atoms with van der Waals surface area (Å²) in [6.45, 7) is 3.96. The van der Waals surface area contributed by atoms with E-state index in [1.165, 1.54) is 0 Å². The van der Waals surface area contributed by atoms with Crippen molar-refractivity contribution in [1.82, 2.24) is 10.2 Å². The Morgan fingerprint density at radius 2 is 1.78 bits per heavy atom. The summed E-state index contributed by atoms with van der Waals surface area (Å²) >= 11 is 0. The molecule has 0 saturated carbocycles. The van der Waals surface area contributed by atoms with Gasteiger partial charge < -0.3 is 15.0 Å². The first kappa shape index (κ1) is 19.1. The number of rotatable bonds is 6. The summed E-state index contributed by atoms with van der Waals surface area (Å²) in [6.07, 6.45) is 0. The third-order valence-electron chi connectivity index (χ3n) is 5.16. The Balaban J connectivity index is 1.83. The van der Waals surface area contributed by atoms with Crippen LogP contribution in [0.1, 0.15) is 27.4 Å². The molecule has 142 valence electrons. The van der Waals surface area contributed by atoms with Gasteiger partial charge in [-0.15, -0.1) is 0 Å². The lowest BCUT2D eigenvalue weighted by atomic mass is 9.86. The van der Waals surface area contributed by atoms with E-state index in [2.05, 4.69) is 24.4 Å². The minimum absolute atomic E-state index is 0.0126. The van der Waals surface area contributed by atoms with Crippen LogP contribution in [0.4, 0.5) is 0 Å². The summed E-state index contributed by atoms with van der Waals surface area (Å²) in [4.78, 5) is 27.5. The molecular formula is C22H26N2O3. The minimum Gasteiger partial charge on any atom is -0.383 e. The average Bonchev–Trinajstić information content (AvgIpc) is 3.14. The molecule has 1 aliphatic rings. The molecule has 0 aromatic heterocycles. The first-order valence-corrected chi connectivity index (χ1v) is 9.28. The largest absolute Gasteiger partial charge is 0.383 e. The molecule has 5 nitrogen and oxygen atoms in total. The first-order valence-electron chi connectivity index (χ1n) is 9.28. The van der Waals surface area contributed by atoms with E-state index in [1.807, 2.05) is 42.5 Å². The Kier molecular flexibility index (Phi) is 6.24. The molecule has 2 amide bonds. The second kappa shape index (κ2) is 8.82. The molecule has 1 N–H and O–H groups in total.